The minimum absolute atomic E-state index is 0.00303. The Kier molecular flexibility index (Phi) is 8.07. The third-order valence-corrected chi connectivity index (χ3v) is 7.78. The van der Waals surface area contributed by atoms with Crippen LogP contribution in [-0.2, 0) is 11.3 Å². The molecule has 1 aliphatic carbocycles. The number of para-hydroxylation sites is 1. The number of hydrogen-bond donors (Lipinski definition) is 3. The summed E-state index contributed by atoms with van der Waals surface area (Å²) in [6.07, 6.45) is 5.58. The first-order chi connectivity index (χ1) is 21.3. The lowest BCUT2D eigenvalue weighted by Gasteiger charge is -2.39. The van der Waals surface area contributed by atoms with E-state index in [0.29, 0.717) is 17.1 Å². The minimum atomic E-state index is -0.412. The summed E-state index contributed by atoms with van der Waals surface area (Å²) in [6, 6.07) is 13.6. The van der Waals surface area contributed by atoms with Crippen LogP contribution in [0.3, 0.4) is 0 Å². The largest absolute Gasteiger partial charge is 0.494 e. The number of amides is 2. The second kappa shape index (κ2) is 12.3. The first-order valence-electron chi connectivity index (χ1n) is 14.6. The number of likely N-dealkylation sites (tertiary alicyclic amines) is 1. The molecule has 2 amide bonds. The fourth-order valence-electron chi connectivity index (χ4n) is 5.19. The Hall–Kier alpha value is -5.10. The molecule has 4 aromatic rings. The number of anilines is 3. The van der Waals surface area contributed by atoms with E-state index in [1.165, 1.54) is 7.05 Å². The molecule has 1 aromatic carbocycles. The Morgan fingerprint density at radius 3 is 2.61 bits per heavy atom. The molecule has 0 spiro atoms. The molecule has 0 unspecified atom stereocenters. The number of nitrogens with zero attached hydrogens (tertiary/aromatic N) is 6. The van der Waals surface area contributed by atoms with Crippen molar-refractivity contribution in [3.8, 4) is 16.9 Å². The molecule has 2 aliphatic rings. The van der Waals surface area contributed by atoms with Crippen molar-refractivity contribution in [3.05, 3.63) is 78.5 Å². The van der Waals surface area contributed by atoms with Crippen LogP contribution in [0.15, 0.2) is 61.4 Å². The van der Waals surface area contributed by atoms with Crippen LogP contribution in [0.2, 0.25) is 0 Å². The van der Waals surface area contributed by atoms with E-state index in [9.17, 15) is 9.59 Å². The minimum Gasteiger partial charge on any atom is -0.494 e. The van der Waals surface area contributed by atoms with E-state index in [-0.39, 0.29) is 29.4 Å². The highest BCUT2D eigenvalue weighted by atomic mass is 16.5. The number of ether oxygens (including phenoxy) is 1. The number of pyridine rings is 1. The van der Waals surface area contributed by atoms with Gasteiger partial charge in [-0.1, -0.05) is 24.8 Å². The number of rotatable bonds is 11. The quantitative estimate of drug-likeness (QED) is 0.232. The Bertz CT molecular complexity index is 1720. The van der Waals surface area contributed by atoms with Crippen LogP contribution in [-0.4, -0.2) is 68.9 Å². The fraction of sp³-hybridized carbons (Fsp3) is 0.312. The van der Waals surface area contributed by atoms with Gasteiger partial charge in [-0.2, -0.15) is 5.10 Å². The highest BCUT2D eigenvalue weighted by molar-refractivity contribution is 6.00. The lowest BCUT2D eigenvalue weighted by Crippen LogP contribution is -2.47. The van der Waals surface area contributed by atoms with Crippen LogP contribution in [0, 0.1) is 5.92 Å². The van der Waals surface area contributed by atoms with Gasteiger partial charge in [0.25, 0.3) is 5.91 Å². The number of nitrogens with one attached hydrogen (secondary N) is 3. The highest BCUT2D eigenvalue weighted by Crippen LogP contribution is 2.39. The van der Waals surface area contributed by atoms with Gasteiger partial charge in [-0.3, -0.25) is 24.2 Å². The number of benzene rings is 1. The van der Waals surface area contributed by atoms with Crippen molar-refractivity contribution in [2.75, 3.05) is 37.9 Å². The monoisotopic (exact) mass is 593 g/mol. The van der Waals surface area contributed by atoms with Crippen LogP contribution in [0.5, 0.6) is 5.75 Å². The molecule has 12 heteroatoms. The predicted octanol–water partition coefficient (Wildman–Crippen LogP) is 4.29. The molecular weight excluding hydrogens is 558 g/mol. The molecule has 0 atom stereocenters. The summed E-state index contributed by atoms with van der Waals surface area (Å²) in [5.41, 5.74) is 5.74. The number of aromatic nitrogens is 5. The average molecular weight is 594 g/mol. The molecule has 12 nitrogen and oxygen atoms in total. The van der Waals surface area contributed by atoms with E-state index in [2.05, 4.69) is 42.7 Å². The average Bonchev–Trinajstić information content (AvgIpc) is 3.76. The molecular formula is C32H35N9O3. The topological polar surface area (TPSA) is 139 Å². The third kappa shape index (κ3) is 6.16. The van der Waals surface area contributed by atoms with E-state index in [1.54, 1.807) is 13.2 Å². The van der Waals surface area contributed by atoms with Gasteiger partial charge in [-0.05, 0) is 43.5 Å². The van der Waals surface area contributed by atoms with Gasteiger partial charge < -0.3 is 20.7 Å². The summed E-state index contributed by atoms with van der Waals surface area (Å²) in [7, 11) is 3.12. The standard InChI is InChI=1S/C32H35N9O3/c1-19(2)25-9-5-7-22(35-25)16-40-17-23(18-40)41-15-21(14-34-41)24-8-6-10-26(30(24)44-4)36-27-13-28(37-31(42)20-11-12-20)38-39-29(27)32(43)33-3/h5-10,13-15,20,23H,1,11-12,16-18H2,2-4H3,(H,33,43)(H2,36,37,38,42). The molecule has 3 aromatic heterocycles. The SMILES string of the molecule is C=C(C)c1cccc(CN2CC(n3cc(-c4cccc(Nc5cc(NC(=O)C6CC6)nnc5C(=O)NC)c4OC)cn3)C2)n1. The molecule has 0 radical (unpaired) electrons. The smallest absolute Gasteiger partial charge is 0.273 e. The van der Waals surface area contributed by atoms with Gasteiger partial charge in [-0.25, -0.2) is 0 Å². The molecule has 6 rings (SSSR count). The van der Waals surface area contributed by atoms with Gasteiger partial charge >= 0.3 is 0 Å². The van der Waals surface area contributed by atoms with Crippen LogP contribution < -0.4 is 20.7 Å². The highest BCUT2D eigenvalue weighted by Gasteiger charge is 2.31. The van der Waals surface area contributed by atoms with Crippen LogP contribution in [0.25, 0.3) is 16.7 Å². The molecule has 1 saturated heterocycles. The molecule has 4 heterocycles. The molecule has 1 saturated carbocycles. The van der Waals surface area contributed by atoms with Crippen molar-refractivity contribution >= 4 is 34.6 Å². The van der Waals surface area contributed by atoms with Crippen LogP contribution in [0.4, 0.5) is 17.2 Å². The maximum absolute atomic E-state index is 12.6. The number of carbonyl (C=O) groups is 2. The van der Waals surface area contributed by atoms with Crippen molar-refractivity contribution in [2.24, 2.45) is 5.92 Å². The zero-order chi connectivity index (χ0) is 30.8. The van der Waals surface area contributed by atoms with Gasteiger partial charge in [0.05, 0.1) is 42.1 Å². The number of hydrogen-bond acceptors (Lipinski definition) is 9. The number of carbonyl (C=O) groups excluding carboxylic acids is 2. The van der Waals surface area contributed by atoms with Crippen molar-refractivity contribution in [1.82, 2.24) is 35.2 Å². The molecule has 1 aliphatic heterocycles. The van der Waals surface area contributed by atoms with Crippen molar-refractivity contribution in [3.63, 3.8) is 0 Å². The summed E-state index contributed by atoms with van der Waals surface area (Å²) >= 11 is 0. The van der Waals surface area contributed by atoms with Crippen LogP contribution >= 0.6 is 0 Å². The van der Waals surface area contributed by atoms with Crippen molar-refractivity contribution in [2.45, 2.75) is 32.4 Å². The zero-order valence-corrected chi connectivity index (χ0v) is 25.0. The lowest BCUT2D eigenvalue weighted by molar-refractivity contribution is -0.117. The van der Waals surface area contributed by atoms with Gasteiger partial charge in [-0.15, -0.1) is 10.2 Å². The fourth-order valence-corrected chi connectivity index (χ4v) is 5.19. The summed E-state index contributed by atoms with van der Waals surface area (Å²) < 4.78 is 7.85. The predicted molar refractivity (Wildman–Crippen MR) is 168 cm³/mol. The normalized spacial score (nSPS) is 14.9. The van der Waals surface area contributed by atoms with E-state index in [0.717, 1.165) is 60.6 Å². The Morgan fingerprint density at radius 2 is 1.89 bits per heavy atom. The van der Waals surface area contributed by atoms with Gasteiger partial charge in [0.1, 0.15) is 5.75 Å². The van der Waals surface area contributed by atoms with Crippen LogP contribution in [0.1, 0.15) is 47.7 Å². The van der Waals surface area contributed by atoms with E-state index < -0.39 is 5.91 Å². The van der Waals surface area contributed by atoms with E-state index >= 15 is 0 Å². The maximum Gasteiger partial charge on any atom is 0.273 e. The summed E-state index contributed by atoms with van der Waals surface area (Å²) in [5, 5.41) is 21.5. The second-order valence-electron chi connectivity index (χ2n) is 11.2. The lowest BCUT2D eigenvalue weighted by atomic mass is 10.1. The first-order valence-corrected chi connectivity index (χ1v) is 14.6. The summed E-state index contributed by atoms with van der Waals surface area (Å²) in [5.74, 6) is 0.336. The molecule has 0 bridgehead atoms. The molecule has 226 valence electrons. The van der Waals surface area contributed by atoms with E-state index in [1.807, 2.05) is 60.4 Å². The third-order valence-electron chi connectivity index (χ3n) is 7.78. The Morgan fingerprint density at radius 1 is 1.09 bits per heavy atom. The van der Waals surface area contributed by atoms with Crippen molar-refractivity contribution < 1.29 is 14.3 Å². The maximum atomic E-state index is 12.6. The Balaban J connectivity index is 1.18. The number of methoxy groups -OCH3 is 1. The van der Waals surface area contributed by atoms with E-state index in [4.69, 9.17) is 9.72 Å². The van der Waals surface area contributed by atoms with Gasteiger partial charge in [0, 0.05) is 56.0 Å². The van der Waals surface area contributed by atoms with Gasteiger partial charge in [0.15, 0.2) is 11.5 Å². The zero-order valence-electron chi connectivity index (χ0n) is 25.0. The molecule has 44 heavy (non-hydrogen) atoms. The Labute approximate surface area is 255 Å². The molecule has 2 fully saturated rings. The number of allylic oxidation sites excluding steroid dienone is 1. The van der Waals surface area contributed by atoms with Gasteiger partial charge in [0.2, 0.25) is 5.91 Å². The van der Waals surface area contributed by atoms with Crippen molar-refractivity contribution in [1.29, 1.82) is 0 Å². The first kappa shape index (κ1) is 29.0. The summed E-state index contributed by atoms with van der Waals surface area (Å²) in [4.78, 5) is 32.0. The second-order valence-corrected chi connectivity index (χ2v) is 11.2. The summed E-state index contributed by atoms with van der Waals surface area (Å²) in [6.45, 7) is 8.48. The molecule has 3 N–H and O–H groups in total.